The third-order valence-corrected chi connectivity index (χ3v) is 5.87. The fourth-order valence-electron chi connectivity index (χ4n) is 4.24. The van der Waals surface area contributed by atoms with Crippen molar-refractivity contribution in [2.75, 3.05) is 11.4 Å². The number of hydrogen-bond acceptors (Lipinski definition) is 4. The largest absolute Gasteiger partial charge is 0.332 e. The summed E-state index contributed by atoms with van der Waals surface area (Å²) in [5.41, 5.74) is 5.54. The highest BCUT2D eigenvalue weighted by molar-refractivity contribution is 6.08. The molecule has 154 valence electrons. The monoisotopic (exact) mass is 410 g/mol. The topological polar surface area (TPSA) is 68.1 Å². The second kappa shape index (κ2) is 7.47. The van der Waals surface area contributed by atoms with Crippen LogP contribution in [0.25, 0.3) is 22.2 Å². The summed E-state index contributed by atoms with van der Waals surface area (Å²) in [5, 5.41) is 0.478. The van der Waals surface area contributed by atoms with Crippen LogP contribution < -0.4 is 10.3 Å². The van der Waals surface area contributed by atoms with Gasteiger partial charge in [-0.3, -0.25) is 14.6 Å². The van der Waals surface area contributed by atoms with Crippen molar-refractivity contribution in [1.29, 1.82) is 0 Å². The highest BCUT2D eigenvalue weighted by atomic mass is 16.2. The van der Waals surface area contributed by atoms with Gasteiger partial charge in [0.2, 0.25) is 5.43 Å². The molecule has 1 aliphatic rings. The van der Waals surface area contributed by atoms with Crippen molar-refractivity contribution in [2.45, 2.75) is 26.8 Å². The van der Waals surface area contributed by atoms with Crippen molar-refractivity contribution in [2.24, 2.45) is 0 Å². The zero-order chi connectivity index (χ0) is 21.5. The standard InChI is InChI=1S/C25H22N4O2/c1-3-28-15-21(23(30)20-6-4-16(2)27-24(20)28)25(31)29-13-10-19-14-18(5-7-22(19)29)17-8-11-26-12-9-17/h4-9,11-12,14-15H,3,10,13H2,1-2H3. The average molecular weight is 410 g/mol. The van der Waals surface area contributed by atoms with Gasteiger partial charge in [-0.1, -0.05) is 6.07 Å². The molecule has 0 spiro atoms. The minimum Gasteiger partial charge on any atom is -0.332 e. The first-order valence-electron chi connectivity index (χ1n) is 10.4. The zero-order valence-electron chi connectivity index (χ0n) is 17.5. The summed E-state index contributed by atoms with van der Waals surface area (Å²) < 4.78 is 1.88. The average Bonchev–Trinajstić information content (AvgIpc) is 3.23. The molecule has 0 radical (unpaired) electrons. The van der Waals surface area contributed by atoms with E-state index in [0.717, 1.165) is 34.5 Å². The van der Waals surface area contributed by atoms with Crippen LogP contribution in [0.15, 0.2) is 65.8 Å². The van der Waals surface area contributed by atoms with Crippen LogP contribution in [-0.2, 0) is 13.0 Å². The summed E-state index contributed by atoms with van der Waals surface area (Å²) in [4.78, 5) is 36.9. The molecule has 4 heterocycles. The molecule has 3 aromatic heterocycles. The summed E-state index contributed by atoms with van der Waals surface area (Å²) in [6.45, 7) is 5.06. The number of aryl methyl sites for hydroxylation is 2. The van der Waals surface area contributed by atoms with Crippen LogP contribution in [0.4, 0.5) is 5.69 Å². The van der Waals surface area contributed by atoms with E-state index >= 15 is 0 Å². The third-order valence-electron chi connectivity index (χ3n) is 5.87. The predicted molar refractivity (Wildman–Crippen MR) is 121 cm³/mol. The Hall–Kier alpha value is -3.80. The van der Waals surface area contributed by atoms with Gasteiger partial charge in [-0.15, -0.1) is 0 Å². The number of amides is 1. The fourth-order valence-corrected chi connectivity index (χ4v) is 4.24. The molecule has 5 rings (SSSR count). The number of nitrogens with zero attached hydrogens (tertiary/aromatic N) is 4. The van der Waals surface area contributed by atoms with Gasteiger partial charge >= 0.3 is 0 Å². The van der Waals surface area contributed by atoms with E-state index < -0.39 is 0 Å². The lowest BCUT2D eigenvalue weighted by Gasteiger charge is -2.19. The molecule has 31 heavy (non-hydrogen) atoms. The zero-order valence-corrected chi connectivity index (χ0v) is 17.5. The fraction of sp³-hybridized carbons (Fsp3) is 0.200. The van der Waals surface area contributed by atoms with Gasteiger partial charge in [0.25, 0.3) is 5.91 Å². The van der Waals surface area contributed by atoms with Crippen LogP contribution in [0.3, 0.4) is 0 Å². The van der Waals surface area contributed by atoms with E-state index in [1.54, 1.807) is 29.6 Å². The number of aromatic nitrogens is 3. The number of benzene rings is 1. The van der Waals surface area contributed by atoms with Gasteiger partial charge in [-0.25, -0.2) is 4.98 Å². The quantitative estimate of drug-likeness (QED) is 0.512. The van der Waals surface area contributed by atoms with Gasteiger partial charge < -0.3 is 9.47 Å². The molecular formula is C25H22N4O2. The van der Waals surface area contributed by atoms with Crippen LogP contribution >= 0.6 is 0 Å². The minimum atomic E-state index is -0.265. The maximum absolute atomic E-state index is 13.4. The molecule has 1 aromatic carbocycles. The van der Waals surface area contributed by atoms with E-state index in [1.165, 1.54) is 0 Å². The van der Waals surface area contributed by atoms with E-state index in [1.807, 2.05) is 48.7 Å². The molecule has 1 aliphatic heterocycles. The molecule has 0 N–H and O–H groups in total. The smallest absolute Gasteiger partial charge is 0.263 e. The number of rotatable bonds is 3. The number of hydrogen-bond donors (Lipinski definition) is 0. The summed E-state index contributed by atoms with van der Waals surface area (Å²) in [6.07, 6.45) is 5.96. The maximum Gasteiger partial charge on any atom is 0.263 e. The molecular weight excluding hydrogens is 388 g/mol. The highest BCUT2D eigenvalue weighted by Crippen LogP contribution is 2.33. The van der Waals surface area contributed by atoms with E-state index in [0.29, 0.717) is 24.1 Å². The molecule has 0 bridgehead atoms. The lowest BCUT2D eigenvalue weighted by Crippen LogP contribution is -2.33. The van der Waals surface area contributed by atoms with Crippen LogP contribution in [-0.4, -0.2) is 27.0 Å². The molecule has 0 saturated heterocycles. The lowest BCUT2D eigenvalue weighted by atomic mass is 10.0. The second-order valence-electron chi connectivity index (χ2n) is 7.77. The molecule has 0 aliphatic carbocycles. The van der Waals surface area contributed by atoms with Crippen molar-refractivity contribution >= 4 is 22.6 Å². The Balaban J connectivity index is 1.56. The number of carbonyl (C=O) groups excluding carboxylic acids is 1. The van der Waals surface area contributed by atoms with Crippen molar-refractivity contribution in [3.63, 3.8) is 0 Å². The Bertz CT molecular complexity index is 1380. The lowest BCUT2D eigenvalue weighted by molar-refractivity contribution is 0.0988. The molecule has 0 fully saturated rings. The molecule has 0 atom stereocenters. The predicted octanol–water partition coefficient (Wildman–Crippen LogP) is 3.99. The number of carbonyl (C=O) groups is 1. The Morgan fingerprint density at radius 2 is 1.87 bits per heavy atom. The molecule has 0 unspecified atom stereocenters. The maximum atomic E-state index is 13.4. The van der Waals surface area contributed by atoms with Gasteiger partial charge in [-0.05, 0) is 73.4 Å². The van der Waals surface area contributed by atoms with Crippen LogP contribution in [0.5, 0.6) is 0 Å². The first-order valence-corrected chi connectivity index (χ1v) is 10.4. The molecule has 6 nitrogen and oxygen atoms in total. The molecule has 6 heteroatoms. The van der Waals surface area contributed by atoms with Crippen LogP contribution in [0.1, 0.15) is 28.5 Å². The second-order valence-corrected chi connectivity index (χ2v) is 7.77. The van der Waals surface area contributed by atoms with E-state index in [2.05, 4.69) is 16.0 Å². The van der Waals surface area contributed by atoms with Gasteiger partial charge in [0, 0.05) is 43.1 Å². The van der Waals surface area contributed by atoms with Gasteiger partial charge in [-0.2, -0.15) is 0 Å². The minimum absolute atomic E-state index is 0.186. The Morgan fingerprint density at radius 1 is 1.06 bits per heavy atom. The molecule has 0 saturated carbocycles. The molecule has 4 aromatic rings. The molecule has 1 amide bonds. The number of fused-ring (bicyclic) bond motifs is 2. The van der Waals surface area contributed by atoms with Gasteiger partial charge in [0.1, 0.15) is 11.2 Å². The van der Waals surface area contributed by atoms with E-state index in [4.69, 9.17) is 0 Å². The first kappa shape index (κ1) is 19.2. The number of anilines is 1. The Morgan fingerprint density at radius 3 is 2.65 bits per heavy atom. The first-order chi connectivity index (χ1) is 15.1. The normalized spacial score (nSPS) is 12.9. The summed E-state index contributed by atoms with van der Waals surface area (Å²) in [5.74, 6) is -0.259. The Labute approximate surface area is 179 Å². The van der Waals surface area contributed by atoms with Crippen molar-refractivity contribution < 1.29 is 4.79 Å². The third kappa shape index (κ3) is 3.20. The van der Waals surface area contributed by atoms with Gasteiger partial charge in [0.15, 0.2) is 0 Å². The van der Waals surface area contributed by atoms with E-state index in [9.17, 15) is 9.59 Å². The summed E-state index contributed by atoms with van der Waals surface area (Å²) in [6, 6.07) is 13.6. The van der Waals surface area contributed by atoms with Gasteiger partial charge in [0.05, 0.1) is 5.39 Å². The van der Waals surface area contributed by atoms with Crippen molar-refractivity contribution in [1.82, 2.24) is 14.5 Å². The van der Waals surface area contributed by atoms with Crippen LogP contribution in [0, 0.1) is 6.92 Å². The Kier molecular flexibility index (Phi) is 4.62. The summed E-state index contributed by atoms with van der Waals surface area (Å²) in [7, 11) is 0. The van der Waals surface area contributed by atoms with Crippen molar-refractivity contribution in [3.8, 4) is 11.1 Å². The SMILES string of the molecule is CCn1cc(C(=O)N2CCc3cc(-c4ccncc4)ccc32)c(=O)c2ccc(C)nc21. The van der Waals surface area contributed by atoms with Crippen LogP contribution in [0.2, 0.25) is 0 Å². The van der Waals surface area contributed by atoms with Crippen molar-refractivity contribution in [3.05, 3.63) is 88.1 Å². The highest BCUT2D eigenvalue weighted by Gasteiger charge is 2.28. The number of pyridine rings is 3. The summed E-state index contributed by atoms with van der Waals surface area (Å²) >= 11 is 0. The van der Waals surface area contributed by atoms with E-state index in [-0.39, 0.29) is 16.9 Å².